The molecule has 1 aliphatic carbocycles. The average molecular weight is 232 g/mol. The Balaban J connectivity index is 1.98. The van der Waals surface area contributed by atoms with Gasteiger partial charge in [-0.3, -0.25) is 0 Å². The molecule has 0 saturated heterocycles. The van der Waals surface area contributed by atoms with Gasteiger partial charge in [-0.15, -0.1) is 0 Å². The van der Waals surface area contributed by atoms with Crippen LogP contribution in [0.2, 0.25) is 0 Å². The summed E-state index contributed by atoms with van der Waals surface area (Å²) in [5.74, 6) is 0.784. The van der Waals surface area contributed by atoms with E-state index < -0.39 is 0 Å². The number of hydrogen-bond acceptors (Lipinski definition) is 2. The fraction of sp³-hybridized carbons (Fsp3) is 0.600. The highest BCUT2D eigenvalue weighted by Crippen LogP contribution is 2.27. The molecule has 2 heteroatoms. The molecule has 1 aromatic carbocycles. The molecule has 2 N–H and O–H groups in total. The van der Waals surface area contributed by atoms with Gasteiger partial charge >= 0.3 is 0 Å². The van der Waals surface area contributed by atoms with Crippen molar-refractivity contribution in [1.29, 1.82) is 0 Å². The van der Waals surface area contributed by atoms with Gasteiger partial charge in [0.1, 0.15) is 0 Å². The number of aryl methyl sites for hydroxylation is 1. The first-order valence-electron chi connectivity index (χ1n) is 6.76. The smallest absolute Gasteiger partial charge is 0.0366 e. The van der Waals surface area contributed by atoms with Crippen LogP contribution in [0, 0.1) is 12.8 Å². The van der Waals surface area contributed by atoms with Gasteiger partial charge in [0.05, 0.1) is 0 Å². The van der Waals surface area contributed by atoms with Crippen LogP contribution in [0.3, 0.4) is 0 Å². The summed E-state index contributed by atoms with van der Waals surface area (Å²) in [7, 11) is 0. The number of rotatable bonds is 4. The van der Waals surface area contributed by atoms with E-state index in [0.717, 1.165) is 19.0 Å². The summed E-state index contributed by atoms with van der Waals surface area (Å²) in [6.07, 6.45) is 3.70. The molecule has 0 aromatic heterocycles. The zero-order chi connectivity index (χ0) is 12.3. The van der Waals surface area contributed by atoms with E-state index in [0.29, 0.717) is 6.04 Å². The van der Waals surface area contributed by atoms with Crippen molar-refractivity contribution < 1.29 is 0 Å². The molecule has 0 heterocycles. The predicted octanol–water partition coefficient (Wildman–Crippen LogP) is 2.95. The molecular formula is C15H24N2. The lowest BCUT2D eigenvalue weighted by Gasteiger charge is -2.26. The zero-order valence-electron chi connectivity index (χ0n) is 11.0. The molecule has 0 radical (unpaired) electrons. The normalized spacial score (nSPS) is 23.9. The molecule has 1 saturated carbocycles. The molecule has 0 aliphatic heterocycles. The van der Waals surface area contributed by atoms with Crippen molar-refractivity contribution in [3.8, 4) is 0 Å². The highest BCUT2D eigenvalue weighted by atomic mass is 15.1. The SMILES string of the molecule is CCN(CC1CCC(N)C1)c1ccc(C)cc1. The van der Waals surface area contributed by atoms with E-state index in [1.165, 1.54) is 30.5 Å². The van der Waals surface area contributed by atoms with Crippen LogP contribution < -0.4 is 10.6 Å². The summed E-state index contributed by atoms with van der Waals surface area (Å²) in [6, 6.07) is 9.29. The van der Waals surface area contributed by atoms with Gasteiger partial charge in [-0.1, -0.05) is 17.7 Å². The third-order valence-corrected chi connectivity index (χ3v) is 3.84. The highest BCUT2D eigenvalue weighted by Gasteiger charge is 2.23. The number of anilines is 1. The van der Waals surface area contributed by atoms with E-state index in [9.17, 15) is 0 Å². The van der Waals surface area contributed by atoms with Crippen LogP contribution in [0.5, 0.6) is 0 Å². The number of nitrogens with zero attached hydrogens (tertiary/aromatic N) is 1. The molecule has 0 spiro atoms. The first-order valence-corrected chi connectivity index (χ1v) is 6.76. The maximum atomic E-state index is 5.98. The fourth-order valence-electron chi connectivity index (χ4n) is 2.76. The number of nitrogens with two attached hydrogens (primary N) is 1. The minimum absolute atomic E-state index is 0.441. The average Bonchev–Trinajstić information content (AvgIpc) is 2.73. The summed E-state index contributed by atoms with van der Waals surface area (Å²) < 4.78 is 0. The predicted molar refractivity (Wildman–Crippen MR) is 74.4 cm³/mol. The molecule has 94 valence electrons. The van der Waals surface area contributed by atoms with Crippen molar-refractivity contribution in [3.63, 3.8) is 0 Å². The summed E-state index contributed by atoms with van der Waals surface area (Å²) in [4.78, 5) is 2.47. The Kier molecular flexibility index (Phi) is 4.06. The van der Waals surface area contributed by atoms with E-state index in [2.05, 4.69) is 43.0 Å². The standard InChI is InChI=1S/C15H24N2/c1-3-17(11-13-6-7-14(16)10-13)15-8-4-12(2)5-9-15/h4-5,8-9,13-14H,3,6-7,10-11,16H2,1-2H3. The molecule has 2 unspecified atom stereocenters. The molecule has 1 fully saturated rings. The maximum absolute atomic E-state index is 5.98. The first-order chi connectivity index (χ1) is 8.19. The van der Waals surface area contributed by atoms with E-state index in [1.54, 1.807) is 0 Å². The van der Waals surface area contributed by atoms with E-state index in [1.807, 2.05) is 0 Å². The van der Waals surface area contributed by atoms with Crippen molar-refractivity contribution in [1.82, 2.24) is 0 Å². The molecular weight excluding hydrogens is 208 g/mol. The van der Waals surface area contributed by atoms with E-state index >= 15 is 0 Å². The second-order valence-corrected chi connectivity index (χ2v) is 5.31. The van der Waals surface area contributed by atoms with Crippen LogP contribution >= 0.6 is 0 Å². The lowest BCUT2D eigenvalue weighted by atomic mass is 10.1. The molecule has 2 nitrogen and oxygen atoms in total. The highest BCUT2D eigenvalue weighted by molar-refractivity contribution is 5.47. The monoisotopic (exact) mass is 232 g/mol. The minimum atomic E-state index is 0.441. The minimum Gasteiger partial charge on any atom is -0.372 e. The Morgan fingerprint density at radius 3 is 2.47 bits per heavy atom. The van der Waals surface area contributed by atoms with Gasteiger partial charge in [0.2, 0.25) is 0 Å². The van der Waals surface area contributed by atoms with Crippen LogP contribution in [0.1, 0.15) is 31.7 Å². The Morgan fingerprint density at radius 2 is 1.94 bits per heavy atom. The molecule has 0 bridgehead atoms. The van der Waals surface area contributed by atoms with Crippen molar-refractivity contribution in [3.05, 3.63) is 29.8 Å². The second-order valence-electron chi connectivity index (χ2n) is 5.31. The molecule has 2 rings (SSSR count). The van der Waals surface area contributed by atoms with Crippen LogP contribution in [0.4, 0.5) is 5.69 Å². The molecule has 2 atom stereocenters. The molecule has 1 aliphatic rings. The Labute approximate surface area is 105 Å². The third-order valence-electron chi connectivity index (χ3n) is 3.84. The van der Waals surface area contributed by atoms with Crippen LogP contribution in [0.25, 0.3) is 0 Å². The van der Waals surface area contributed by atoms with Crippen molar-refractivity contribution in [2.75, 3.05) is 18.0 Å². The molecule has 1 aromatic rings. The van der Waals surface area contributed by atoms with Crippen molar-refractivity contribution in [2.24, 2.45) is 11.7 Å². The van der Waals surface area contributed by atoms with Crippen molar-refractivity contribution in [2.45, 2.75) is 39.2 Å². The topological polar surface area (TPSA) is 29.3 Å². The van der Waals surface area contributed by atoms with Gasteiger partial charge in [0.15, 0.2) is 0 Å². The van der Waals surface area contributed by atoms with E-state index in [4.69, 9.17) is 5.73 Å². The summed E-state index contributed by atoms with van der Waals surface area (Å²) in [5.41, 5.74) is 8.65. The van der Waals surface area contributed by atoms with Crippen LogP contribution in [-0.4, -0.2) is 19.1 Å². The summed E-state index contributed by atoms with van der Waals surface area (Å²) in [6.45, 7) is 6.60. The van der Waals surface area contributed by atoms with Gasteiger partial charge < -0.3 is 10.6 Å². The lowest BCUT2D eigenvalue weighted by molar-refractivity contribution is 0.526. The van der Waals surface area contributed by atoms with Gasteiger partial charge in [0.25, 0.3) is 0 Å². The molecule has 17 heavy (non-hydrogen) atoms. The largest absolute Gasteiger partial charge is 0.372 e. The van der Waals surface area contributed by atoms with Gasteiger partial charge in [-0.25, -0.2) is 0 Å². The van der Waals surface area contributed by atoms with Crippen LogP contribution in [-0.2, 0) is 0 Å². The van der Waals surface area contributed by atoms with Crippen molar-refractivity contribution >= 4 is 5.69 Å². The maximum Gasteiger partial charge on any atom is 0.0366 e. The van der Waals surface area contributed by atoms with E-state index in [-0.39, 0.29) is 0 Å². The second kappa shape index (κ2) is 5.54. The summed E-state index contributed by atoms with van der Waals surface area (Å²) >= 11 is 0. The quantitative estimate of drug-likeness (QED) is 0.865. The van der Waals surface area contributed by atoms with Gasteiger partial charge in [-0.2, -0.15) is 0 Å². The van der Waals surface area contributed by atoms with Gasteiger partial charge in [-0.05, 0) is 51.2 Å². The fourth-order valence-corrected chi connectivity index (χ4v) is 2.76. The Hall–Kier alpha value is -1.02. The first kappa shape index (κ1) is 12.4. The van der Waals surface area contributed by atoms with Gasteiger partial charge in [0, 0.05) is 24.8 Å². The number of benzene rings is 1. The third kappa shape index (κ3) is 3.22. The zero-order valence-corrected chi connectivity index (χ0v) is 11.0. The summed E-state index contributed by atoms with van der Waals surface area (Å²) in [5, 5.41) is 0. The molecule has 0 amide bonds. The lowest BCUT2D eigenvalue weighted by Crippen LogP contribution is -2.29. The Morgan fingerprint density at radius 1 is 1.24 bits per heavy atom. The number of hydrogen-bond donors (Lipinski definition) is 1. The van der Waals surface area contributed by atoms with Crippen LogP contribution in [0.15, 0.2) is 24.3 Å². The Bertz CT molecular complexity index is 344.